The predicted octanol–water partition coefficient (Wildman–Crippen LogP) is 4.92. The van der Waals surface area contributed by atoms with Crippen molar-refractivity contribution in [1.29, 1.82) is 10.5 Å². The highest BCUT2D eigenvalue weighted by Crippen LogP contribution is 2.33. The van der Waals surface area contributed by atoms with Crippen molar-refractivity contribution in [3.8, 4) is 17.9 Å². The molecular formula is C27H21F3N4O2. The molecule has 1 fully saturated rings. The van der Waals surface area contributed by atoms with Crippen molar-refractivity contribution in [2.45, 2.75) is 24.9 Å². The van der Waals surface area contributed by atoms with Gasteiger partial charge in [-0.15, -0.1) is 13.2 Å². The Morgan fingerprint density at radius 1 is 0.917 bits per heavy atom. The first-order chi connectivity index (χ1) is 17.3. The first kappa shape index (κ1) is 24.8. The van der Waals surface area contributed by atoms with Crippen LogP contribution in [0.2, 0.25) is 0 Å². The fourth-order valence-corrected chi connectivity index (χ4v) is 4.31. The third kappa shape index (κ3) is 6.01. The van der Waals surface area contributed by atoms with Gasteiger partial charge in [0, 0.05) is 24.7 Å². The van der Waals surface area contributed by atoms with E-state index in [1.54, 1.807) is 48.5 Å². The van der Waals surface area contributed by atoms with E-state index in [-0.39, 0.29) is 23.7 Å². The second kappa shape index (κ2) is 10.5. The number of hydrogen-bond acceptors (Lipinski definition) is 5. The molecule has 3 aromatic carbocycles. The number of hydrogen-bond donors (Lipinski definition) is 1. The number of amides is 1. The van der Waals surface area contributed by atoms with Crippen LogP contribution in [0.1, 0.15) is 45.1 Å². The largest absolute Gasteiger partial charge is 0.573 e. The van der Waals surface area contributed by atoms with Gasteiger partial charge in [-0.3, -0.25) is 9.69 Å². The number of carbonyl (C=O) groups excluding carboxylic acids is 1. The number of rotatable bonds is 6. The first-order valence-electron chi connectivity index (χ1n) is 11.2. The van der Waals surface area contributed by atoms with Crippen LogP contribution in [0.15, 0.2) is 72.8 Å². The molecule has 0 saturated carbocycles. The van der Waals surface area contributed by atoms with Gasteiger partial charge in [0.25, 0.3) is 5.91 Å². The molecule has 182 valence electrons. The number of nitriles is 2. The topological polar surface area (TPSA) is 89.2 Å². The van der Waals surface area contributed by atoms with Gasteiger partial charge < -0.3 is 10.1 Å². The maximum Gasteiger partial charge on any atom is 0.573 e. The lowest BCUT2D eigenvalue weighted by Gasteiger charge is -2.29. The second-order valence-electron chi connectivity index (χ2n) is 8.40. The number of halogens is 3. The molecule has 0 spiro atoms. The highest BCUT2D eigenvalue weighted by atomic mass is 19.4. The molecule has 4 rings (SSSR count). The molecule has 0 aliphatic carbocycles. The van der Waals surface area contributed by atoms with Gasteiger partial charge in [-0.2, -0.15) is 10.5 Å². The van der Waals surface area contributed by atoms with E-state index in [0.29, 0.717) is 36.2 Å². The zero-order valence-electron chi connectivity index (χ0n) is 19.0. The number of ether oxygens (including phenoxy) is 1. The lowest BCUT2D eigenvalue weighted by atomic mass is 9.96. The van der Waals surface area contributed by atoms with Crippen molar-refractivity contribution in [1.82, 2.24) is 10.2 Å². The minimum absolute atomic E-state index is 0.137. The lowest BCUT2D eigenvalue weighted by molar-refractivity contribution is -0.274. The van der Waals surface area contributed by atoms with E-state index in [1.807, 2.05) is 18.2 Å². The monoisotopic (exact) mass is 490 g/mol. The molecule has 1 N–H and O–H groups in total. The number of benzene rings is 3. The van der Waals surface area contributed by atoms with Crippen LogP contribution in [0.5, 0.6) is 5.75 Å². The van der Waals surface area contributed by atoms with Crippen LogP contribution < -0.4 is 10.1 Å². The molecule has 9 heteroatoms. The molecule has 0 bridgehead atoms. The summed E-state index contributed by atoms with van der Waals surface area (Å²) in [6.45, 7) is 1.16. The standard InChI is InChI=1S/C27H21F3N4O2/c28-27(29,30)36-24-11-9-21(10-12-24)25(20-5-1-18(15-31)2-6-20)34-14-13-23(17-34)33-26(35)22-7-3-19(16-32)4-8-22/h1-12,23,25H,13-14,17H2,(H,33,35)/t23?,25-/m1/s1. The van der Waals surface area contributed by atoms with Gasteiger partial charge in [0.15, 0.2) is 0 Å². The van der Waals surface area contributed by atoms with Crippen molar-refractivity contribution in [3.05, 3.63) is 101 Å². The molecule has 36 heavy (non-hydrogen) atoms. The fourth-order valence-electron chi connectivity index (χ4n) is 4.31. The van der Waals surface area contributed by atoms with Crippen LogP contribution in [-0.2, 0) is 0 Å². The minimum atomic E-state index is -4.77. The molecule has 2 atom stereocenters. The van der Waals surface area contributed by atoms with Gasteiger partial charge in [-0.05, 0) is 66.1 Å². The van der Waals surface area contributed by atoms with Gasteiger partial charge in [0.2, 0.25) is 0 Å². The summed E-state index contributed by atoms with van der Waals surface area (Å²) in [4.78, 5) is 14.8. The summed E-state index contributed by atoms with van der Waals surface area (Å²) in [5.41, 5.74) is 3.05. The van der Waals surface area contributed by atoms with Gasteiger partial charge >= 0.3 is 6.36 Å². The molecule has 0 aromatic heterocycles. The molecular weight excluding hydrogens is 469 g/mol. The molecule has 1 aliphatic rings. The summed E-state index contributed by atoms with van der Waals surface area (Å²) in [5.74, 6) is -0.547. The average Bonchev–Trinajstić information content (AvgIpc) is 3.32. The molecule has 1 amide bonds. The Balaban J connectivity index is 1.53. The second-order valence-corrected chi connectivity index (χ2v) is 8.40. The smallest absolute Gasteiger partial charge is 0.406 e. The highest BCUT2D eigenvalue weighted by molar-refractivity contribution is 5.94. The summed E-state index contributed by atoms with van der Waals surface area (Å²) in [5, 5.41) is 21.1. The summed E-state index contributed by atoms with van der Waals surface area (Å²) in [7, 11) is 0. The van der Waals surface area contributed by atoms with E-state index in [2.05, 4.69) is 21.0 Å². The summed E-state index contributed by atoms with van der Waals surface area (Å²) in [6, 6.07) is 22.8. The van der Waals surface area contributed by atoms with E-state index in [1.165, 1.54) is 12.1 Å². The zero-order chi connectivity index (χ0) is 25.7. The summed E-state index contributed by atoms with van der Waals surface area (Å²) in [6.07, 6.45) is -4.09. The van der Waals surface area contributed by atoms with Crippen molar-refractivity contribution in [2.75, 3.05) is 13.1 Å². The summed E-state index contributed by atoms with van der Waals surface area (Å²) >= 11 is 0. The van der Waals surface area contributed by atoms with E-state index < -0.39 is 6.36 Å². The Morgan fingerprint density at radius 2 is 1.44 bits per heavy atom. The Labute approximate surface area is 206 Å². The van der Waals surface area contributed by atoms with Crippen molar-refractivity contribution < 1.29 is 22.7 Å². The number of carbonyl (C=O) groups is 1. The van der Waals surface area contributed by atoms with E-state index in [4.69, 9.17) is 10.5 Å². The molecule has 1 heterocycles. The maximum absolute atomic E-state index is 12.7. The number of alkyl halides is 3. The van der Waals surface area contributed by atoms with E-state index in [0.717, 1.165) is 11.1 Å². The SMILES string of the molecule is N#Cc1ccc(C(=O)NC2CCN([C@H](c3ccc(C#N)cc3)c3ccc(OC(F)(F)F)cc3)C2)cc1. The Morgan fingerprint density at radius 3 is 1.97 bits per heavy atom. The number of nitrogens with one attached hydrogen (secondary N) is 1. The third-order valence-corrected chi connectivity index (χ3v) is 5.98. The highest BCUT2D eigenvalue weighted by Gasteiger charge is 2.33. The van der Waals surface area contributed by atoms with Crippen molar-refractivity contribution in [2.24, 2.45) is 0 Å². The third-order valence-electron chi connectivity index (χ3n) is 5.98. The Kier molecular flexibility index (Phi) is 7.23. The van der Waals surface area contributed by atoms with Crippen LogP contribution in [-0.4, -0.2) is 36.3 Å². The average molecular weight is 490 g/mol. The number of likely N-dealkylation sites (tertiary alicyclic amines) is 1. The fraction of sp³-hybridized carbons (Fsp3) is 0.222. The van der Waals surface area contributed by atoms with Crippen LogP contribution in [0.25, 0.3) is 0 Å². The van der Waals surface area contributed by atoms with Gasteiger partial charge in [0.05, 0.1) is 29.3 Å². The van der Waals surface area contributed by atoms with Gasteiger partial charge in [0.1, 0.15) is 5.75 Å². The van der Waals surface area contributed by atoms with Crippen LogP contribution in [0, 0.1) is 22.7 Å². The molecule has 6 nitrogen and oxygen atoms in total. The normalized spacial score (nSPS) is 16.5. The Bertz CT molecular complexity index is 1290. The van der Waals surface area contributed by atoms with Crippen LogP contribution in [0.3, 0.4) is 0 Å². The van der Waals surface area contributed by atoms with Crippen molar-refractivity contribution >= 4 is 5.91 Å². The molecule has 1 aliphatic heterocycles. The van der Waals surface area contributed by atoms with Gasteiger partial charge in [-0.25, -0.2) is 0 Å². The molecule has 1 unspecified atom stereocenters. The van der Waals surface area contributed by atoms with Crippen LogP contribution in [0.4, 0.5) is 13.2 Å². The maximum atomic E-state index is 12.7. The van der Waals surface area contributed by atoms with Gasteiger partial charge in [-0.1, -0.05) is 24.3 Å². The molecule has 0 radical (unpaired) electrons. The zero-order valence-corrected chi connectivity index (χ0v) is 19.0. The number of nitrogens with zero attached hydrogens (tertiary/aromatic N) is 3. The first-order valence-corrected chi connectivity index (χ1v) is 11.2. The lowest BCUT2D eigenvalue weighted by Crippen LogP contribution is -2.38. The predicted molar refractivity (Wildman–Crippen MR) is 125 cm³/mol. The van der Waals surface area contributed by atoms with E-state index >= 15 is 0 Å². The molecule has 1 saturated heterocycles. The van der Waals surface area contributed by atoms with Crippen molar-refractivity contribution in [3.63, 3.8) is 0 Å². The van der Waals surface area contributed by atoms with E-state index in [9.17, 15) is 18.0 Å². The van der Waals surface area contributed by atoms with Crippen LogP contribution >= 0.6 is 0 Å². The molecule has 3 aromatic rings. The summed E-state index contributed by atoms with van der Waals surface area (Å²) < 4.78 is 41.8. The quantitative estimate of drug-likeness (QED) is 0.530. The minimum Gasteiger partial charge on any atom is -0.406 e. The Hall–Kier alpha value is -4.34.